The molecule has 1 aliphatic rings. The Morgan fingerprint density at radius 3 is 2.76 bits per heavy atom. The SMILES string of the molecule is CN(C)S(=O)(=O)N1CCC[C@]1(C)c1ccnc2ccnn12. The van der Waals surface area contributed by atoms with E-state index in [2.05, 4.69) is 10.1 Å². The first-order chi connectivity index (χ1) is 9.87. The van der Waals surface area contributed by atoms with Gasteiger partial charge in [-0.25, -0.2) is 9.50 Å². The van der Waals surface area contributed by atoms with E-state index in [1.54, 1.807) is 35.3 Å². The fourth-order valence-electron chi connectivity index (χ4n) is 3.00. The van der Waals surface area contributed by atoms with Crippen LogP contribution in [0, 0.1) is 0 Å². The van der Waals surface area contributed by atoms with Gasteiger partial charge in [0.1, 0.15) is 0 Å². The molecule has 0 aromatic carbocycles. The zero-order chi connectivity index (χ0) is 15.3. The smallest absolute Gasteiger partial charge is 0.237 e. The van der Waals surface area contributed by atoms with Gasteiger partial charge in [0.25, 0.3) is 10.2 Å². The van der Waals surface area contributed by atoms with Crippen molar-refractivity contribution >= 4 is 15.9 Å². The summed E-state index contributed by atoms with van der Waals surface area (Å²) in [5.41, 5.74) is 0.958. The van der Waals surface area contributed by atoms with E-state index in [0.717, 1.165) is 24.2 Å². The van der Waals surface area contributed by atoms with Crippen molar-refractivity contribution in [3.05, 3.63) is 30.2 Å². The topological polar surface area (TPSA) is 70.8 Å². The first-order valence-electron chi connectivity index (χ1n) is 6.87. The van der Waals surface area contributed by atoms with Gasteiger partial charge in [-0.15, -0.1) is 0 Å². The minimum atomic E-state index is -3.48. The molecule has 2 aromatic heterocycles. The third-order valence-electron chi connectivity index (χ3n) is 4.16. The third kappa shape index (κ3) is 2.05. The molecule has 0 saturated carbocycles. The van der Waals surface area contributed by atoms with Gasteiger partial charge in [0.15, 0.2) is 5.65 Å². The van der Waals surface area contributed by atoms with Gasteiger partial charge in [0.05, 0.1) is 17.4 Å². The van der Waals surface area contributed by atoms with Gasteiger partial charge in [-0.2, -0.15) is 22.1 Å². The largest absolute Gasteiger partial charge is 0.282 e. The standard InChI is InChI=1S/C13H19N5O2S/c1-13(7-4-10-17(13)21(19,20)16(2)3)11-5-8-14-12-6-9-15-18(11)12/h5-6,8-9H,4,7,10H2,1-3H3/t13-/m1/s1. The highest BCUT2D eigenvalue weighted by atomic mass is 32.2. The van der Waals surface area contributed by atoms with Crippen LogP contribution in [0.2, 0.25) is 0 Å². The number of rotatable bonds is 3. The summed E-state index contributed by atoms with van der Waals surface area (Å²) in [6, 6.07) is 3.66. The highest BCUT2D eigenvalue weighted by Crippen LogP contribution is 2.40. The predicted octanol–water partition coefficient (Wildman–Crippen LogP) is 0.847. The minimum absolute atomic E-state index is 0.516. The molecule has 21 heavy (non-hydrogen) atoms. The molecule has 3 heterocycles. The Bertz CT molecular complexity index is 770. The van der Waals surface area contributed by atoms with Crippen LogP contribution < -0.4 is 0 Å². The van der Waals surface area contributed by atoms with Gasteiger partial charge in [-0.1, -0.05) is 0 Å². The second-order valence-electron chi connectivity index (χ2n) is 5.67. The molecular formula is C13H19N5O2S. The van der Waals surface area contributed by atoms with E-state index in [9.17, 15) is 8.42 Å². The lowest BCUT2D eigenvalue weighted by molar-refractivity contribution is 0.244. The Labute approximate surface area is 124 Å². The minimum Gasteiger partial charge on any atom is -0.237 e. The fraction of sp³-hybridized carbons (Fsp3) is 0.538. The second kappa shape index (κ2) is 4.75. The third-order valence-corrected chi connectivity index (χ3v) is 6.22. The summed E-state index contributed by atoms with van der Waals surface area (Å²) in [5, 5.41) is 4.29. The molecule has 1 atom stereocenters. The fourth-order valence-corrected chi connectivity index (χ4v) is 4.45. The summed E-state index contributed by atoms with van der Waals surface area (Å²) in [6.07, 6.45) is 4.97. The van der Waals surface area contributed by atoms with Crippen molar-refractivity contribution in [2.45, 2.75) is 25.3 Å². The van der Waals surface area contributed by atoms with Crippen molar-refractivity contribution in [1.82, 2.24) is 23.2 Å². The van der Waals surface area contributed by atoms with Crippen molar-refractivity contribution in [2.24, 2.45) is 0 Å². The van der Waals surface area contributed by atoms with E-state index in [0.29, 0.717) is 6.54 Å². The van der Waals surface area contributed by atoms with Gasteiger partial charge >= 0.3 is 0 Å². The van der Waals surface area contributed by atoms with E-state index in [1.165, 1.54) is 4.31 Å². The van der Waals surface area contributed by atoms with E-state index in [4.69, 9.17) is 0 Å². The van der Waals surface area contributed by atoms with Crippen LogP contribution in [-0.4, -0.2) is 52.3 Å². The van der Waals surface area contributed by atoms with Gasteiger partial charge < -0.3 is 0 Å². The van der Waals surface area contributed by atoms with Crippen LogP contribution in [0.25, 0.3) is 5.65 Å². The van der Waals surface area contributed by atoms with E-state index >= 15 is 0 Å². The molecule has 2 aromatic rings. The summed E-state index contributed by atoms with van der Waals surface area (Å²) in [4.78, 5) is 4.25. The zero-order valence-corrected chi connectivity index (χ0v) is 13.2. The highest BCUT2D eigenvalue weighted by Gasteiger charge is 2.47. The number of fused-ring (bicyclic) bond motifs is 1. The predicted molar refractivity (Wildman–Crippen MR) is 78.9 cm³/mol. The molecule has 0 amide bonds. The second-order valence-corrected chi connectivity index (χ2v) is 7.74. The van der Waals surface area contributed by atoms with E-state index in [-0.39, 0.29) is 0 Å². The molecular weight excluding hydrogens is 290 g/mol. The Kier molecular flexibility index (Phi) is 3.27. The number of aromatic nitrogens is 3. The molecule has 1 saturated heterocycles. The first-order valence-corrected chi connectivity index (χ1v) is 8.26. The average molecular weight is 309 g/mol. The molecule has 0 spiro atoms. The highest BCUT2D eigenvalue weighted by molar-refractivity contribution is 7.86. The number of hydrogen-bond donors (Lipinski definition) is 0. The van der Waals surface area contributed by atoms with Crippen LogP contribution in [-0.2, 0) is 15.7 Å². The number of hydrogen-bond acceptors (Lipinski definition) is 4. The number of nitrogens with zero attached hydrogens (tertiary/aromatic N) is 5. The molecule has 114 valence electrons. The van der Waals surface area contributed by atoms with Gasteiger partial charge in [-0.3, -0.25) is 0 Å². The summed E-state index contributed by atoms with van der Waals surface area (Å²) in [6.45, 7) is 2.47. The molecule has 7 nitrogen and oxygen atoms in total. The summed E-state index contributed by atoms with van der Waals surface area (Å²) < 4.78 is 29.8. The van der Waals surface area contributed by atoms with E-state index in [1.807, 2.05) is 19.1 Å². The molecule has 8 heteroatoms. The molecule has 3 rings (SSSR count). The van der Waals surface area contributed by atoms with Crippen LogP contribution in [0.15, 0.2) is 24.5 Å². The zero-order valence-electron chi connectivity index (χ0n) is 12.4. The molecule has 0 unspecified atom stereocenters. The average Bonchev–Trinajstić information content (AvgIpc) is 3.04. The van der Waals surface area contributed by atoms with Crippen LogP contribution in [0.5, 0.6) is 0 Å². The van der Waals surface area contributed by atoms with E-state index < -0.39 is 15.7 Å². The van der Waals surface area contributed by atoms with Gasteiger partial charge in [0, 0.05) is 32.9 Å². The van der Waals surface area contributed by atoms with Crippen molar-refractivity contribution in [3.63, 3.8) is 0 Å². The summed E-state index contributed by atoms with van der Waals surface area (Å²) in [5.74, 6) is 0. The van der Waals surface area contributed by atoms with Crippen LogP contribution >= 0.6 is 0 Å². The quantitative estimate of drug-likeness (QED) is 0.842. The molecule has 1 aliphatic heterocycles. The Hall–Kier alpha value is -1.51. The van der Waals surface area contributed by atoms with Crippen molar-refractivity contribution in [1.29, 1.82) is 0 Å². The maximum atomic E-state index is 12.6. The van der Waals surface area contributed by atoms with Gasteiger partial charge in [-0.05, 0) is 25.8 Å². The van der Waals surface area contributed by atoms with Crippen LogP contribution in [0.1, 0.15) is 25.5 Å². The van der Waals surface area contributed by atoms with Crippen LogP contribution in [0.3, 0.4) is 0 Å². The Morgan fingerprint density at radius 2 is 2.05 bits per heavy atom. The summed E-state index contributed by atoms with van der Waals surface area (Å²) in [7, 11) is -0.360. The Morgan fingerprint density at radius 1 is 1.29 bits per heavy atom. The lowest BCUT2D eigenvalue weighted by Crippen LogP contribution is -2.48. The molecule has 0 bridgehead atoms. The normalized spacial score (nSPS) is 24.2. The lowest BCUT2D eigenvalue weighted by Gasteiger charge is -2.36. The van der Waals surface area contributed by atoms with Crippen LogP contribution in [0.4, 0.5) is 0 Å². The Balaban J connectivity index is 2.17. The van der Waals surface area contributed by atoms with Crippen molar-refractivity contribution in [3.8, 4) is 0 Å². The van der Waals surface area contributed by atoms with Crippen molar-refractivity contribution in [2.75, 3.05) is 20.6 Å². The lowest BCUT2D eigenvalue weighted by atomic mass is 9.95. The maximum Gasteiger partial charge on any atom is 0.282 e. The summed E-state index contributed by atoms with van der Waals surface area (Å²) >= 11 is 0. The molecule has 1 fully saturated rings. The molecule has 0 aliphatic carbocycles. The maximum absolute atomic E-state index is 12.6. The first kappa shape index (κ1) is 14.4. The molecule has 0 N–H and O–H groups in total. The monoisotopic (exact) mass is 309 g/mol. The van der Waals surface area contributed by atoms with Gasteiger partial charge in [0.2, 0.25) is 0 Å². The van der Waals surface area contributed by atoms with Crippen molar-refractivity contribution < 1.29 is 8.42 Å². The molecule has 0 radical (unpaired) electrons.